The maximum Gasteiger partial charge on any atom is 0.223 e. The highest BCUT2D eigenvalue weighted by Gasteiger charge is 2.31. The van der Waals surface area contributed by atoms with Crippen LogP contribution in [-0.4, -0.2) is 26.8 Å². The fraction of sp³-hybridized carbons (Fsp3) is 0.250. The quantitative estimate of drug-likeness (QED) is 0.752. The van der Waals surface area contributed by atoms with E-state index < -0.39 is 0 Å². The van der Waals surface area contributed by atoms with Crippen molar-refractivity contribution < 1.29 is 4.79 Å². The third-order valence-electron chi connectivity index (χ3n) is 4.81. The van der Waals surface area contributed by atoms with Gasteiger partial charge in [-0.1, -0.05) is 24.3 Å². The first-order valence-electron chi connectivity index (χ1n) is 8.66. The summed E-state index contributed by atoms with van der Waals surface area (Å²) in [4.78, 5) is 22.7. The van der Waals surface area contributed by atoms with Crippen molar-refractivity contribution in [2.75, 3.05) is 5.73 Å². The van der Waals surface area contributed by atoms with Gasteiger partial charge in [-0.15, -0.1) is 11.3 Å². The number of nitrogens with two attached hydrogens (primary N) is 1. The Hall–Kier alpha value is -2.73. The van der Waals surface area contributed by atoms with E-state index in [0.29, 0.717) is 18.8 Å². The first-order valence-corrected chi connectivity index (χ1v) is 9.61. The summed E-state index contributed by atoms with van der Waals surface area (Å²) >= 11 is 1.57. The van der Waals surface area contributed by atoms with Gasteiger partial charge in [0, 0.05) is 29.6 Å². The number of anilines is 1. The molecule has 1 atom stereocenters. The Labute approximate surface area is 156 Å². The molecule has 4 rings (SSSR count). The van der Waals surface area contributed by atoms with Crippen LogP contribution in [0.4, 0.5) is 5.82 Å². The van der Waals surface area contributed by atoms with Crippen molar-refractivity contribution in [3.05, 3.63) is 64.7 Å². The maximum absolute atomic E-state index is 12.3. The van der Waals surface area contributed by atoms with Gasteiger partial charge in [-0.3, -0.25) is 4.79 Å². The third kappa shape index (κ3) is 3.60. The zero-order valence-electron chi connectivity index (χ0n) is 14.3. The number of carbonyl (C=O) groups is 1. The van der Waals surface area contributed by atoms with Crippen LogP contribution in [0.5, 0.6) is 0 Å². The van der Waals surface area contributed by atoms with Gasteiger partial charge in [0.25, 0.3) is 0 Å². The number of nitrogens with zero attached hydrogens (tertiary/aromatic N) is 3. The second-order valence-electron chi connectivity index (χ2n) is 6.57. The number of thiazole rings is 1. The van der Waals surface area contributed by atoms with Crippen molar-refractivity contribution in [2.24, 2.45) is 0 Å². The van der Waals surface area contributed by atoms with Crippen molar-refractivity contribution in [3.8, 4) is 11.1 Å². The number of nitrogen functional groups attached to an aromatic ring is 1. The molecule has 1 amide bonds. The van der Waals surface area contributed by atoms with Crippen LogP contribution in [0, 0.1) is 0 Å². The minimum atomic E-state index is 0.229. The smallest absolute Gasteiger partial charge is 0.223 e. The molecule has 0 saturated carbocycles. The van der Waals surface area contributed by atoms with Gasteiger partial charge in [-0.2, -0.15) is 0 Å². The molecule has 5 nitrogen and oxygen atoms in total. The molecule has 1 unspecified atom stereocenters. The molecule has 2 N–H and O–H groups in total. The Balaban J connectivity index is 1.46. The second-order valence-corrected chi connectivity index (χ2v) is 7.29. The molecule has 2 aromatic heterocycles. The van der Waals surface area contributed by atoms with Crippen LogP contribution < -0.4 is 5.73 Å². The van der Waals surface area contributed by atoms with Gasteiger partial charge >= 0.3 is 0 Å². The molecule has 0 spiro atoms. The second kappa shape index (κ2) is 7.25. The first-order chi connectivity index (χ1) is 12.7. The number of amides is 1. The Bertz CT molecular complexity index is 875. The molecule has 6 heteroatoms. The van der Waals surface area contributed by atoms with Crippen LogP contribution in [0.25, 0.3) is 11.1 Å². The summed E-state index contributed by atoms with van der Waals surface area (Å²) in [5.74, 6) is 0.754. The minimum absolute atomic E-state index is 0.229. The highest BCUT2D eigenvalue weighted by Crippen LogP contribution is 2.26. The van der Waals surface area contributed by atoms with E-state index in [1.807, 2.05) is 27.9 Å². The molecule has 132 valence electrons. The van der Waals surface area contributed by atoms with Gasteiger partial charge in [0.15, 0.2) is 0 Å². The van der Waals surface area contributed by atoms with E-state index in [-0.39, 0.29) is 11.9 Å². The molecule has 1 saturated heterocycles. The zero-order chi connectivity index (χ0) is 17.9. The van der Waals surface area contributed by atoms with Crippen LogP contribution in [0.1, 0.15) is 24.1 Å². The van der Waals surface area contributed by atoms with E-state index in [1.165, 1.54) is 5.56 Å². The van der Waals surface area contributed by atoms with E-state index >= 15 is 0 Å². The van der Waals surface area contributed by atoms with Gasteiger partial charge in [0.05, 0.1) is 17.7 Å². The van der Waals surface area contributed by atoms with Crippen molar-refractivity contribution in [1.82, 2.24) is 14.9 Å². The van der Waals surface area contributed by atoms with E-state index in [2.05, 4.69) is 34.2 Å². The minimum Gasteiger partial charge on any atom is -0.384 e. The number of hydrogen-bond acceptors (Lipinski definition) is 5. The fourth-order valence-corrected chi connectivity index (χ4v) is 3.94. The number of benzene rings is 1. The van der Waals surface area contributed by atoms with Gasteiger partial charge in [0.2, 0.25) is 5.91 Å². The molecule has 0 bridgehead atoms. The highest BCUT2D eigenvalue weighted by atomic mass is 32.1. The lowest BCUT2D eigenvalue weighted by Crippen LogP contribution is -2.34. The summed E-state index contributed by atoms with van der Waals surface area (Å²) in [6, 6.07) is 12.5. The van der Waals surface area contributed by atoms with Crippen molar-refractivity contribution in [1.29, 1.82) is 0 Å². The molecule has 0 radical (unpaired) electrons. The Morgan fingerprint density at radius 1 is 1.12 bits per heavy atom. The van der Waals surface area contributed by atoms with Crippen LogP contribution in [0.15, 0.2) is 53.5 Å². The van der Waals surface area contributed by atoms with E-state index in [1.54, 1.807) is 17.5 Å². The number of carbonyl (C=O) groups excluding carboxylic acids is 1. The summed E-state index contributed by atoms with van der Waals surface area (Å²) in [5, 5.41) is 2.01. The summed E-state index contributed by atoms with van der Waals surface area (Å²) < 4.78 is 0. The molecule has 3 heterocycles. The Morgan fingerprint density at radius 2 is 1.92 bits per heavy atom. The number of rotatable bonds is 5. The number of hydrogen-bond donors (Lipinski definition) is 1. The number of aromatic nitrogens is 2. The van der Waals surface area contributed by atoms with Crippen LogP contribution >= 0.6 is 11.3 Å². The average molecular weight is 364 g/mol. The average Bonchev–Trinajstić information content (AvgIpc) is 3.29. The van der Waals surface area contributed by atoms with Gasteiger partial charge in [-0.05, 0) is 36.1 Å². The summed E-state index contributed by atoms with van der Waals surface area (Å²) in [6.45, 7) is 0.613. The van der Waals surface area contributed by atoms with Crippen LogP contribution in [0.3, 0.4) is 0 Å². The highest BCUT2D eigenvalue weighted by molar-refractivity contribution is 7.07. The van der Waals surface area contributed by atoms with Crippen molar-refractivity contribution in [2.45, 2.75) is 31.8 Å². The Morgan fingerprint density at radius 3 is 2.62 bits per heavy atom. The van der Waals surface area contributed by atoms with E-state index in [4.69, 9.17) is 5.73 Å². The SMILES string of the molecule is Nc1ccc(-c2ccc(CC3CCC(=O)N3Cc3cscn3)cc2)cn1. The lowest BCUT2D eigenvalue weighted by atomic mass is 10.0. The van der Waals surface area contributed by atoms with Crippen LogP contribution in [0.2, 0.25) is 0 Å². The van der Waals surface area contributed by atoms with E-state index in [0.717, 1.165) is 29.7 Å². The number of likely N-dealkylation sites (tertiary alicyclic amines) is 1. The summed E-state index contributed by atoms with van der Waals surface area (Å²) in [5.41, 5.74) is 11.8. The lowest BCUT2D eigenvalue weighted by molar-refractivity contribution is -0.129. The first kappa shape index (κ1) is 16.7. The molecular formula is C20H20N4OS. The van der Waals surface area contributed by atoms with Gasteiger partial charge in [-0.25, -0.2) is 9.97 Å². The molecule has 1 aliphatic heterocycles. The van der Waals surface area contributed by atoms with Gasteiger partial charge < -0.3 is 10.6 Å². The fourth-order valence-electron chi connectivity index (χ4n) is 3.39. The maximum atomic E-state index is 12.3. The molecule has 1 fully saturated rings. The van der Waals surface area contributed by atoms with Crippen molar-refractivity contribution >= 4 is 23.1 Å². The van der Waals surface area contributed by atoms with Crippen LogP contribution in [-0.2, 0) is 17.8 Å². The standard InChI is InChI=1S/C20H20N4OS/c21-19-7-5-16(10-22-19)15-3-1-14(2-4-15)9-18-6-8-20(25)24(18)11-17-12-26-13-23-17/h1-5,7,10,12-13,18H,6,8-9,11H2,(H2,21,22). The largest absolute Gasteiger partial charge is 0.384 e. The molecule has 26 heavy (non-hydrogen) atoms. The Kier molecular flexibility index (Phi) is 4.67. The zero-order valence-corrected chi connectivity index (χ0v) is 15.2. The molecule has 1 aromatic carbocycles. The molecule has 1 aliphatic rings. The normalized spacial score (nSPS) is 17.0. The lowest BCUT2D eigenvalue weighted by Gasteiger charge is -2.24. The molecule has 3 aromatic rings. The van der Waals surface area contributed by atoms with E-state index in [9.17, 15) is 4.79 Å². The summed E-state index contributed by atoms with van der Waals surface area (Å²) in [6.07, 6.45) is 4.20. The third-order valence-corrected chi connectivity index (χ3v) is 5.45. The summed E-state index contributed by atoms with van der Waals surface area (Å²) in [7, 11) is 0. The van der Waals surface area contributed by atoms with Gasteiger partial charge in [0.1, 0.15) is 5.82 Å². The molecular weight excluding hydrogens is 344 g/mol. The topological polar surface area (TPSA) is 72.1 Å². The predicted octanol–water partition coefficient (Wildman–Crippen LogP) is 3.52. The number of pyridine rings is 1. The predicted molar refractivity (Wildman–Crippen MR) is 103 cm³/mol. The monoisotopic (exact) mass is 364 g/mol. The van der Waals surface area contributed by atoms with Crippen molar-refractivity contribution in [3.63, 3.8) is 0 Å². The molecule has 0 aliphatic carbocycles.